The van der Waals surface area contributed by atoms with Gasteiger partial charge in [-0.25, -0.2) is 0 Å². The van der Waals surface area contributed by atoms with E-state index in [-0.39, 0.29) is 64.6 Å². The largest absolute Gasteiger partial charge is 0.469 e. The van der Waals surface area contributed by atoms with E-state index in [0.717, 1.165) is 38.5 Å². The van der Waals surface area contributed by atoms with Crippen molar-refractivity contribution in [2.24, 2.45) is 40.4 Å². The molecule has 1 N–H and O–H groups in total. The van der Waals surface area contributed by atoms with Crippen LogP contribution in [0.25, 0.3) is 0 Å². The highest BCUT2D eigenvalue weighted by Crippen LogP contribution is 2.68. The first-order valence-electron chi connectivity index (χ1n) is 13.3. The van der Waals surface area contributed by atoms with E-state index in [0.29, 0.717) is 18.8 Å². The molecular weight excluding hydrogens is 448 g/mol. The van der Waals surface area contributed by atoms with Crippen molar-refractivity contribution in [2.45, 2.75) is 97.4 Å². The van der Waals surface area contributed by atoms with Crippen LogP contribution in [-0.2, 0) is 28.6 Å². The predicted molar refractivity (Wildman–Crippen MR) is 129 cm³/mol. The molecule has 4 aliphatic carbocycles. The molecule has 0 aromatic heterocycles. The van der Waals surface area contributed by atoms with E-state index in [1.807, 2.05) is 6.08 Å². The lowest BCUT2D eigenvalue weighted by Gasteiger charge is -2.62. The Morgan fingerprint density at radius 1 is 1.00 bits per heavy atom. The summed E-state index contributed by atoms with van der Waals surface area (Å²) < 4.78 is 16.9. The van der Waals surface area contributed by atoms with E-state index in [4.69, 9.17) is 14.2 Å². The molecule has 0 amide bonds. The molecule has 4 aliphatic rings. The average Bonchev–Trinajstić information content (AvgIpc) is 3.12. The first kappa shape index (κ1) is 26.2. The molecule has 3 saturated carbocycles. The molecule has 0 aliphatic heterocycles. The fraction of sp³-hybridized carbons (Fsp3) is 0.821. The number of esters is 3. The van der Waals surface area contributed by atoms with Gasteiger partial charge in [-0.05, 0) is 74.0 Å². The molecule has 0 aromatic rings. The van der Waals surface area contributed by atoms with Crippen molar-refractivity contribution in [1.82, 2.24) is 0 Å². The maximum absolute atomic E-state index is 12.3. The second-order valence-corrected chi connectivity index (χ2v) is 11.8. The predicted octanol–water partition coefficient (Wildman–Crippen LogP) is 4.21. The van der Waals surface area contributed by atoms with Crippen molar-refractivity contribution in [3.8, 4) is 0 Å². The topological polar surface area (TPSA) is 99.1 Å². The standard InChI is InChI=1S/C28H42O7/c1-16(29)34-23-14-19-13-20(31)11-12-27(19,3)22-15-24(35-17(2)30)28(4)18(7-6-8-25(32)33-5)9-10-21(28)26(22)23/h11-12,18-24,26,31H,6-10,13-15H2,1-5H3/t18-,19-,20+,21-,22?,23+,24-,26?,27-,28+/m0/s1. The van der Waals surface area contributed by atoms with Gasteiger partial charge in [-0.3, -0.25) is 14.4 Å². The molecule has 0 bridgehead atoms. The lowest BCUT2D eigenvalue weighted by molar-refractivity contribution is -0.209. The number of hydrogen-bond donors (Lipinski definition) is 1. The molecular formula is C28H42O7. The monoisotopic (exact) mass is 490 g/mol. The molecule has 7 nitrogen and oxygen atoms in total. The highest BCUT2D eigenvalue weighted by Gasteiger charge is 2.66. The van der Waals surface area contributed by atoms with Gasteiger partial charge in [0, 0.05) is 31.6 Å². The van der Waals surface area contributed by atoms with E-state index in [1.54, 1.807) is 0 Å². The number of hydrogen-bond acceptors (Lipinski definition) is 7. The highest BCUT2D eigenvalue weighted by atomic mass is 16.5. The number of aliphatic hydroxyl groups is 1. The van der Waals surface area contributed by atoms with Gasteiger partial charge in [-0.2, -0.15) is 0 Å². The van der Waals surface area contributed by atoms with Gasteiger partial charge in [0.1, 0.15) is 12.2 Å². The van der Waals surface area contributed by atoms with Crippen molar-refractivity contribution >= 4 is 17.9 Å². The molecule has 10 atom stereocenters. The summed E-state index contributed by atoms with van der Waals surface area (Å²) in [6, 6.07) is 0. The van der Waals surface area contributed by atoms with Gasteiger partial charge >= 0.3 is 17.9 Å². The SMILES string of the molecule is COC(=O)CCC[C@H]1CC[C@H]2C3C(C[C@H](OC(C)=O)[C@]12C)[C@@]1(C)C=C[C@@H](O)C[C@H]1C[C@H]3OC(C)=O. The van der Waals surface area contributed by atoms with Crippen molar-refractivity contribution in [3.05, 3.63) is 12.2 Å². The van der Waals surface area contributed by atoms with Crippen LogP contribution >= 0.6 is 0 Å². The Morgan fingerprint density at radius 2 is 1.71 bits per heavy atom. The molecule has 7 heteroatoms. The molecule has 0 radical (unpaired) electrons. The van der Waals surface area contributed by atoms with E-state index in [1.165, 1.54) is 21.0 Å². The van der Waals surface area contributed by atoms with Crippen molar-refractivity contribution < 1.29 is 33.7 Å². The third-order valence-electron chi connectivity index (χ3n) is 10.2. The van der Waals surface area contributed by atoms with E-state index >= 15 is 0 Å². The van der Waals surface area contributed by atoms with Gasteiger partial charge in [-0.1, -0.05) is 26.0 Å². The Hall–Kier alpha value is -1.89. The summed E-state index contributed by atoms with van der Waals surface area (Å²) >= 11 is 0. The number of rotatable bonds is 6. The second-order valence-electron chi connectivity index (χ2n) is 11.8. The molecule has 3 fully saturated rings. The van der Waals surface area contributed by atoms with Crippen LogP contribution in [0.15, 0.2) is 12.2 Å². The van der Waals surface area contributed by atoms with Gasteiger partial charge in [-0.15, -0.1) is 0 Å². The lowest BCUT2D eigenvalue weighted by Crippen LogP contribution is -2.62. The summed E-state index contributed by atoms with van der Waals surface area (Å²) in [6.07, 6.45) is 9.31. The zero-order chi connectivity index (χ0) is 25.5. The highest BCUT2D eigenvalue weighted by molar-refractivity contribution is 5.69. The summed E-state index contributed by atoms with van der Waals surface area (Å²) in [5.74, 6) is 0.391. The summed E-state index contributed by atoms with van der Waals surface area (Å²) in [7, 11) is 1.41. The van der Waals surface area contributed by atoms with E-state index in [2.05, 4.69) is 19.9 Å². The summed E-state index contributed by atoms with van der Waals surface area (Å²) in [5, 5.41) is 10.4. The first-order valence-corrected chi connectivity index (χ1v) is 13.3. The molecule has 0 spiro atoms. The van der Waals surface area contributed by atoms with Crippen molar-refractivity contribution in [3.63, 3.8) is 0 Å². The molecule has 4 rings (SSSR count). The van der Waals surface area contributed by atoms with Crippen LogP contribution in [0, 0.1) is 40.4 Å². The van der Waals surface area contributed by atoms with Gasteiger partial charge in [0.05, 0.1) is 13.2 Å². The normalized spacial score (nSPS) is 43.9. The van der Waals surface area contributed by atoms with Crippen LogP contribution in [0.2, 0.25) is 0 Å². The Kier molecular flexibility index (Phi) is 7.38. The van der Waals surface area contributed by atoms with Crippen molar-refractivity contribution in [2.75, 3.05) is 7.11 Å². The van der Waals surface area contributed by atoms with Crippen molar-refractivity contribution in [1.29, 1.82) is 0 Å². The van der Waals surface area contributed by atoms with Gasteiger partial charge in [0.15, 0.2) is 0 Å². The minimum Gasteiger partial charge on any atom is -0.469 e. The zero-order valence-electron chi connectivity index (χ0n) is 21.8. The molecule has 2 unspecified atom stereocenters. The minimum atomic E-state index is -0.480. The number of allylic oxidation sites excluding steroid dienone is 1. The maximum atomic E-state index is 12.3. The van der Waals surface area contributed by atoms with Gasteiger partial charge in [0.25, 0.3) is 0 Å². The van der Waals surface area contributed by atoms with E-state index < -0.39 is 6.10 Å². The summed E-state index contributed by atoms with van der Waals surface area (Å²) in [6.45, 7) is 7.50. The molecule has 35 heavy (non-hydrogen) atoms. The zero-order valence-corrected chi connectivity index (χ0v) is 21.8. The number of carbonyl (C=O) groups excluding carboxylic acids is 3. The number of carbonyl (C=O) groups is 3. The first-order chi connectivity index (χ1) is 16.5. The fourth-order valence-corrected chi connectivity index (χ4v) is 8.58. The Labute approximate surface area is 208 Å². The van der Waals surface area contributed by atoms with E-state index in [9.17, 15) is 19.5 Å². The number of fused-ring (bicyclic) bond motifs is 5. The Bertz CT molecular complexity index is 867. The van der Waals surface area contributed by atoms with Crippen LogP contribution in [0.1, 0.15) is 79.1 Å². The molecule has 0 aromatic carbocycles. The third kappa shape index (κ3) is 4.65. The number of aliphatic hydroxyl groups excluding tert-OH is 1. The van der Waals surface area contributed by atoms with Crippen LogP contribution in [0.4, 0.5) is 0 Å². The van der Waals surface area contributed by atoms with Crippen LogP contribution < -0.4 is 0 Å². The second kappa shape index (κ2) is 9.87. The van der Waals surface area contributed by atoms with Crippen LogP contribution in [0.3, 0.4) is 0 Å². The minimum absolute atomic E-state index is 0.150. The smallest absolute Gasteiger partial charge is 0.305 e. The van der Waals surface area contributed by atoms with Gasteiger partial charge < -0.3 is 19.3 Å². The van der Waals surface area contributed by atoms with Gasteiger partial charge in [0.2, 0.25) is 0 Å². The average molecular weight is 491 g/mol. The summed E-state index contributed by atoms with van der Waals surface area (Å²) in [4.78, 5) is 36.2. The molecule has 0 saturated heterocycles. The quantitative estimate of drug-likeness (QED) is 0.338. The van der Waals surface area contributed by atoms with Crippen LogP contribution in [0.5, 0.6) is 0 Å². The maximum Gasteiger partial charge on any atom is 0.305 e. The number of ether oxygens (including phenoxy) is 3. The Balaban J connectivity index is 1.70. The lowest BCUT2D eigenvalue weighted by atomic mass is 9.44. The molecule has 196 valence electrons. The fourth-order valence-electron chi connectivity index (χ4n) is 8.58. The number of methoxy groups -OCH3 is 1. The third-order valence-corrected chi connectivity index (χ3v) is 10.2. The Morgan fingerprint density at radius 3 is 2.37 bits per heavy atom. The summed E-state index contributed by atoms with van der Waals surface area (Å²) in [5.41, 5.74) is -0.397. The van der Waals surface area contributed by atoms with Crippen LogP contribution in [-0.4, -0.2) is 48.4 Å². The molecule has 0 heterocycles.